The molecule has 1 fully saturated rings. The first kappa shape index (κ1) is 15.9. The highest BCUT2D eigenvalue weighted by Gasteiger charge is 2.50. The molecule has 0 radical (unpaired) electrons. The number of carbonyl (C=O) groups is 2. The minimum Gasteiger partial charge on any atom is -0.464 e. The summed E-state index contributed by atoms with van der Waals surface area (Å²) in [5.41, 5.74) is 0. The van der Waals surface area contributed by atoms with Gasteiger partial charge in [-0.2, -0.15) is 0 Å². The second kappa shape index (κ2) is 7.40. The largest absolute Gasteiger partial charge is 0.464 e. The molecule has 1 rings (SSSR count). The van der Waals surface area contributed by atoms with Crippen molar-refractivity contribution in [3.63, 3.8) is 0 Å². The molecule has 1 aliphatic rings. The van der Waals surface area contributed by atoms with Gasteiger partial charge in [-0.1, -0.05) is 6.92 Å². The van der Waals surface area contributed by atoms with E-state index in [4.69, 9.17) is 4.74 Å². The van der Waals surface area contributed by atoms with Crippen molar-refractivity contribution < 1.29 is 19.4 Å². The van der Waals surface area contributed by atoms with E-state index < -0.39 is 16.2 Å². The van der Waals surface area contributed by atoms with Crippen LogP contribution in [0.5, 0.6) is 0 Å². The summed E-state index contributed by atoms with van der Waals surface area (Å²) < 4.78 is 3.79. The standard InChI is InChI=1S/C12H20O4S2/c1-3-6-9(13)12(17-7-5-8-18-12)10(14)11(15)16-4-2/h10,14H,3-8H2,1-2H3. The fourth-order valence-corrected chi connectivity index (χ4v) is 5.03. The van der Waals surface area contributed by atoms with Crippen molar-refractivity contribution in [1.82, 2.24) is 0 Å². The minimum absolute atomic E-state index is 0.0553. The normalized spacial score (nSPS) is 20.2. The van der Waals surface area contributed by atoms with Gasteiger partial charge in [-0.3, -0.25) is 4.79 Å². The maximum atomic E-state index is 12.3. The first-order valence-electron chi connectivity index (χ1n) is 6.24. The Balaban J connectivity index is 2.88. The number of aliphatic hydroxyl groups excluding tert-OH is 1. The average molecular weight is 292 g/mol. The van der Waals surface area contributed by atoms with Crippen LogP contribution in [0, 0.1) is 0 Å². The van der Waals surface area contributed by atoms with Crippen molar-refractivity contribution in [2.45, 2.75) is 43.3 Å². The highest BCUT2D eigenvalue weighted by Crippen LogP contribution is 2.46. The molecule has 1 atom stereocenters. The van der Waals surface area contributed by atoms with Gasteiger partial charge in [-0.15, -0.1) is 23.5 Å². The highest BCUT2D eigenvalue weighted by molar-refractivity contribution is 8.20. The van der Waals surface area contributed by atoms with Crippen molar-refractivity contribution in [2.24, 2.45) is 0 Å². The summed E-state index contributed by atoms with van der Waals surface area (Å²) in [5.74, 6) is 0.835. The summed E-state index contributed by atoms with van der Waals surface area (Å²) in [6.45, 7) is 3.82. The number of aliphatic hydroxyl groups is 1. The number of thioether (sulfide) groups is 2. The molecule has 1 heterocycles. The molecule has 18 heavy (non-hydrogen) atoms. The van der Waals surface area contributed by atoms with Crippen molar-refractivity contribution in [1.29, 1.82) is 0 Å². The van der Waals surface area contributed by atoms with Crippen molar-refractivity contribution in [3.8, 4) is 0 Å². The predicted molar refractivity (Wildman–Crippen MR) is 74.8 cm³/mol. The lowest BCUT2D eigenvalue weighted by Gasteiger charge is -2.37. The molecular formula is C12H20O4S2. The summed E-state index contributed by atoms with van der Waals surface area (Å²) in [4.78, 5) is 24.0. The predicted octanol–water partition coefficient (Wildman–Crippen LogP) is 1.85. The average Bonchev–Trinajstić information content (AvgIpc) is 2.39. The molecule has 0 aromatic rings. The Morgan fingerprint density at radius 1 is 1.33 bits per heavy atom. The van der Waals surface area contributed by atoms with Crippen LogP contribution in [0.15, 0.2) is 0 Å². The number of rotatable bonds is 6. The smallest absolute Gasteiger partial charge is 0.337 e. The van der Waals surface area contributed by atoms with Crippen LogP contribution in [-0.4, -0.2) is 45.2 Å². The number of Topliss-reactive ketones (excluding diaryl/α,β-unsaturated/α-hetero) is 1. The first-order valence-corrected chi connectivity index (χ1v) is 8.21. The quantitative estimate of drug-likeness (QED) is 0.754. The van der Waals surface area contributed by atoms with E-state index in [1.165, 1.54) is 23.5 Å². The first-order chi connectivity index (χ1) is 8.58. The molecule has 4 nitrogen and oxygen atoms in total. The number of hydrogen-bond donors (Lipinski definition) is 1. The fourth-order valence-electron chi connectivity index (χ4n) is 1.80. The minimum atomic E-state index is -1.37. The Labute approximate surface area is 116 Å². The lowest BCUT2D eigenvalue weighted by Crippen LogP contribution is -2.50. The van der Waals surface area contributed by atoms with E-state index in [1.54, 1.807) is 6.92 Å². The van der Waals surface area contributed by atoms with Crippen LogP contribution in [-0.2, 0) is 14.3 Å². The van der Waals surface area contributed by atoms with E-state index in [-0.39, 0.29) is 12.4 Å². The summed E-state index contributed by atoms with van der Waals surface area (Å²) in [6, 6.07) is 0. The molecule has 6 heteroatoms. The Morgan fingerprint density at radius 3 is 2.44 bits per heavy atom. The van der Waals surface area contributed by atoms with Gasteiger partial charge in [0.1, 0.15) is 0 Å². The van der Waals surface area contributed by atoms with Crippen molar-refractivity contribution in [2.75, 3.05) is 18.1 Å². The van der Waals surface area contributed by atoms with E-state index in [1.807, 2.05) is 6.92 Å². The Hall–Kier alpha value is -0.200. The number of ether oxygens (including phenoxy) is 1. The maximum Gasteiger partial charge on any atom is 0.337 e. The van der Waals surface area contributed by atoms with Gasteiger partial charge in [-0.25, -0.2) is 4.79 Å². The van der Waals surface area contributed by atoms with Crippen LogP contribution in [0.1, 0.15) is 33.1 Å². The molecule has 0 bridgehead atoms. The number of carbonyl (C=O) groups excluding carboxylic acids is 2. The fraction of sp³-hybridized carbons (Fsp3) is 0.833. The molecule has 1 saturated heterocycles. The van der Waals surface area contributed by atoms with Crippen LogP contribution < -0.4 is 0 Å². The third-order valence-electron chi connectivity index (χ3n) is 2.66. The highest BCUT2D eigenvalue weighted by atomic mass is 32.2. The van der Waals surface area contributed by atoms with E-state index in [0.29, 0.717) is 6.42 Å². The van der Waals surface area contributed by atoms with Crippen LogP contribution in [0.2, 0.25) is 0 Å². The SMILES string of the molecule is CCCC(=O)C1(C(O)C(=O)OCC)SCCCS1. The third kappa shape index (κ3) is 3.42. The van der Waals surface area contributed by atoms with Gasteiger partial charge in [0, 0.05) is 6.42 Å². The Morgan fingerprint density at radius 2 is 1.94 bits per heavy atom. The molecule has 0 aromatic heterocycles. The molecule has 1 unspecified atom stereocenters. The Bertz CT molecular complexity index is 300. The Kier molecular flexibility index (Phi) is 6.52. The van der Waals surface area contributed by atoms with E-state index in [0.717, 1.165) is 24.3 Å². The molecule has 0 spiro atoms. The van der Waals surface area contributed by atoms with Gasteiger partial charge in [-0.05, 0) is 31.3 Å². The van der Waals surface area contributed by atoms with Gasteiger partial charge in [0.2, 0.25) is 0 Å². The number of hydrogen-bond acceptors (Lipinski definition) is 6. The molecule has 0 saturated carbocycles. The molecule has 0 amide bonds. The van der Waals surface area contributed by atoms with Crippen molar-refractivity contribution >= 4 is 35.3 Å². The van der Waals surface area contributed by atoms with E-state index in [9.17, 15) is 14.7 Å². The maximum absolute atomic E-state index is 12.3. The second-order valence-corrected chi connectivity index (χ2v) is 6.99. The van der Waals surface area contributed by atoms with Gasteiger partial charge in [0.05, 0.1) is 6.61 Å². The molecular weight excluding hydrogens is 272 g/mol. The van der Waals surface area contributed by atoms with Gasteiger partial charge >= 0.3 is 5.97 Å². The number of esters is 1. The van der Waals surface area contributed by atoms with Gasteiger partial charge < -0.3 is 9.84 Å². The van der Waals surface area contributed by atoms with Crippen molar-refractivity contribution in [3.05, 3.63) is 0 Å². The van der Waals surface area contributed by atoms with Crippen LogP contribution in [0.3, 0.4) is 0 Å². The lowest BCUT2D eigenvalue weighted by atomic mass is 10.1. The van der Waals surface area contributed by atoms with Crippen LogP contribution in [0.25, 0.3) is 0 Å². The molecule has 0 aliphatic carbocycles. The van der Waals surface area contributed by atoms with Crippen LogP contribution in [0.4, 0.5) is 0 Å². The topological polar surface area (TPSA) is 63.6 Å². The third-order valence-corrected chi connectivity index (χ3v) is 6.11. The van der Waals surface area contributed by atoms with Gasteiger partial charge in [0.25, 0.3) is 0 Å². The second-order valence-electron chi connectivity index (χ2n) is 4.05. The van der Waals surface area contributed by atoms with Crippen LogP contribution >= 0.6 is 23.5 Å². The zero-order valence-corrected chi connectivity index (χ0v) is 12.4. The molecule has 104 valence electrons. The van der Waals surface area contributed by atoms with Gasteiger partial charge in [0.15, 0.2) is 16.0 Å². The monoisotopic (exact) mass is 292 g/mol. The van der Waals surface area contributed by atoms with E-state index in [2.05, 4.69) is 0 Å². The molecule has 1 N–H and O–H groups in total. The lowest BCUT2D eigenvalue weighted by molar-refractivity contribution is -0.155. The molecule has 0 aromatic carbocycles. The molecule has 1 aliphatic heterocycles. The summed E-state index contributed by atoms with van der Waals surface area (Å²) in [5, 5.41) is 10.2. The zero-order chi connectivity index (χ0) is 13.6. The van der Waals surface area contributed by atoms with E-state index >= 15 is 0 Å². The summed E-state index contributed by atoms with van der Waals surface area (Å²) in [7, 11) is 0. The summed E-state index contributed by atoms with van der Waals surface area (Å²) in [6.07, 6.45) is 0.728. The number of ketones is 1. The zero-order valence-electron chi connectivity index (χ0n) is 10.8. The summed E-state index contributed by atoms with van der Waals surface area (Å²) >= 11 is 2.77.